The van der Waals surface area contributed by atoms with Gasteiger partial charge >= 0.3 is 0 Å². The number of carbonyl (C=O) groups is 4. The molecular weight excluding hydrogens is 817 g/mol. The Morgan fingerprint density at radius 3 is 1.40 bits per heavy atom. The summed E-state index contributed by atoms with van der Waals surface area (Å²) in [6, 6.07) is 17.6. The summed E-state index contributed by atoms with van der Waals surface area (Å²) in [5.41, 5.74) is 5.61. The molecule has 2 aliphatic carbocycles. The van der Waals surface area contributed by atoms with Crippen molar-refractivity contribution >= 4 is 66.3 Å². The molecule has 0 saturated carbocycles. The molecule has 2 fully saturated rings. The molecule has 2 heterocycles. The fourth-order valence-electron chi connectivity index (χ4n) is 8.50. The second kappa shape index (κ2) is 23.6. The number of carbonyl (C=O) groups excluding carboxylic acids is 4. The maximum Gasteiger partial charge on any atom is 0.217 e. The van der Waals surface area contributed by atoms with Gasteiger partial charge in [-0.1, -0.05) is 121 Å². The van der Waals surface area contributed by atoms with Gasteiger partial charge in [-0.25, -0.2) is 0 Å². The molecule has 2 aliphatic heterocycles. The summed E-state index contributed by atoms with van der Waals surface area (Å²) in [5.74, 6) is 0.679. The van der Waals surface area contributed by atoms with E-state index in [9.17, 15) is 19.2 Å². The van der Waals surface area contributed by atoms with Gasteiger partial charge in [0.05, 0.1) is 24.0 Å². The van der Waals surface area contributed by atoms with Gasteiger partial charge in [-0.15, -0.1) is 0 Å². The van der Waals surface area contributed by atoms with E-state index in [1.165, 1.54) is 41.5 Å². The van der Waals surface area contributed by atoms with Gasteiger partial charge < -0.3 is 16.0 Å². The minimum absolute atomic E-state index is 0. The third-order valence-electron chi connectivity index (χ3n) is 11.9. The minimum atomic E-state index is -0.266. The number of hydrogen-bond acceptors (Lipinski definition) is 6. The van der Waals surface area contributed by atoms with Crippen molar-refractivity contribution in [3.8, 4) is 0 Å². The number of benzene rings is 2. The smallest absolute Gasteiger partial charge is 0.217 e. The third-order valence-corrected chi connectivity index (χ3v) is 12.4. The van der Waals surface area contributed by atoms with Gasteiger partial charge in [0.1, 0.15) is 5.78 Å². The molecule has 2 saturated heterocycles. The lowest BCUT2D eigenvalue weighted by molar-refractivity contribution is -0.128. The van der Waals surface area contributed by atoms with Crippen LogP contribution in [0, 0.1) is 10.8 Å². The van der Waals surface area contributed by atoms with Crippen LogP contribution in [0.15, 0.2) is 48.5 Å². The topological polar surface area (TPSA) is 108 Å². The Bertz CT molecular complexity index is 1590. The van der Waals surface area contributed by atoms with E-state index >= 15 is 0 Å². The Morgan fingerprint density at radius 1 is 0.667 bits per heavy atom. The first kappa shape index (κ1) is 54.8. The summed E-state index contributed by atoms with van der Waals surface area (Å²) in [4.78, 5) is 48.4. The van der Waals surface area contributed by atoms with Crippen LogP contribution in [0.3, 0.4) is 0 Å². The zero-order valence-electron chi connectivity index (χ0n) is 34.6. The van der Waals surface area contributed by atoms with Crippen molar-refractivity contribution in [1.29, 1.82) is 0 Å². The predicted molar refractivity (Wildman–Crippen MR) is 253 cm³/mol. The SMILES string of the molecule is C.C.CC(=O)N[C@H]1CCC2(CCN(CC(=O)C(C)(C)C)CC2)c2ccccc21.CC(=O)N[C@H]1CCC2(CCNCC2)c2ccccc21.CC(C)(C)C(=O)CBr.S.S. The highest BCUT2D eigenvalue weighted by Crippen LogP contribution is 2.48. The highest BCUT2D eigenvalue weighted by molar-refractivity contribution is 9.09. The van der Waals surface area contributed by atoms with Crippen molar-refractivity contribution in [2.45, 2.75) is 145 Å². The van der Waals surface area contributed by atoms with Crippen LogP contribution in [-0.2, 0) is 30.0 Å². The molecular formula is C46H77BrN4O4S2. The Kier molecular flexibility index (Phi) is 22.7. The zero-order chi connectivity index (χ0) is 39.0. The summed E-state index contributed by atoms with van der Waals surface area (Å²) in [7, 11) is 0. The van der Waals surface area contributed by atoms with Crippen LogP contribution in [0.1, 0.15) is 156 Å². The number of likely N-dealkylation sites (tertiary alicyclic amines) is 1. The molecule has 6 rings (SSSR count). The van der Waals surface area contributed by atoms with Crippen molar-refractivity contribution in [2.24, 2.45) is 10.8 Å². The number of rotatable bonds is 5. The Balaban J connectivity index is 0.000000895. The number of hydrogen-bond donors (Lipinski definition) is 3. The number of piperidine rings is 2. The summed E-state index contributed by atoms with van der Waals surface area (Å²) >= 11 is 3.10. The maximum absolute atomic E-state index is 12.4. The zero-order valence-corrected chi connectivity index (χ0v) is 38.2. The summed E-state index contributed by atoms with van der Waals surface area (Å²) in [5, 5.41) is 10.2. The molecule has 2 aromatic rings. The van der Waals surface area contributed by atoms with Crippen LogP contribution in [0.2, 0.25) is 0 Å². The monoisotopic (exact) mass is 892 g/mol. The van der Waals surface area contributed by atoms with Gasteiger partial charge in [0.25, 0.3) is 0 Å². The lowest BCUT2D eigenvalue weighted by Crippen LogP contribution is -2.48. The van der Waals surface area contributed by atoms with E-state index in [0.717, 1.165) is 58.3 Å². The molecule has 2 aromatic carbocycles. The molecule has 324 valence electrons. The number of alkyl halides is 1. The number of nitrogens with one attached hydrogen (secondary N) is 3. The largest absolute Gasteiger partial charge is 0.350 e. The molecule has 2 spiro atoms. The van der Waals surface area contributed by atoms with E-state index in [4.69, 9.17) is 0 Å². The van der Waals surface area contributed by atoms with Gasteiger partial charge in [0.2, 0.25) is 11.8 Å². The van der Waals surface area contributed by atoms with E-state index in [0.29, 0.717) is 23.1 Å². The number of amides is 2. The van der Waals surface area contributed by atoms with Crippen molar-refractivity contribution < 1.29 is 19.2 Å². The summed E-state index contributed by atoms with van der Waals surface area (Å²) in [6.07, 6.45) is 8.98. The van der Waals surface area contributed by atoms with Crippen molar-refractivity contribution in [3.05, 3.63) is 70.8 Å². The van der Waals surface area contributed by atoms with Crippen LogP contribution < -0.4 is 16.0 Å². The van der Waals surface area contributed by atoms with Gasteiger partial charge in [0, 0.05) is 24.7 Å². The van der Waals surface area contributed by atoms with Crippen LogP contribution in [0.5, 0.6) is 0 Å². The fourth-order valence-corrected chi connectivity index (χ4v) is 9.34. The quantitative estimate of drug-likeness (QED) is 0.259. The number of ketones is 2. The first-order valence-electron chi connectivity index (χ1n) is 19.7. The Hall–Kier alpha value is -2.18. The van der Waals surface area contributed by atoms with E-state index in [2.05, 4.69) is 85.3 Å². The molecule has 3 N–H and O–H groups in total. The highest BCUT2D eigenvalue weighted by atomic mass is 79.9. The average molecular weight is 894 g/mol. The Morgan fingerprint density at radius 2 is 1.05 bits per heavy atom. The lowest BCUT2D eigenvalue weighted by Gasteiger charge is -2.47. The number of fused-ring (bicyclic) bond motifs is 4. The van der Waals surface area contributed by atoms with Crippen molar-refractivity contribution in [1.82, 2.24) is 20.9 Å². The number of nitrogens with zero attached hydrogens (tertiary/aromatic N) is 1. The third kappa shape index (κ3) is 14.5. The first-order chi connectivity index (χ1) is 24.9. The highest BCUT2D eigenvalue weighted by Gasteiger charge is 2.43. The molecule has 0 radical (unpaired) electrons. The van der Waals surface area contributed by atoms with Crippen molar-refractivity contribution in [2.75, 3.05) is 38.1 Å². The fraction of sp³-hybridized carbons (Fsp3) is 0.652. The normalized spacial score (nSPS) is 20.2. The minimum Gasteiger partial charge on any atom is -0.350 e. The molecule has 2 amide bonds. The van der Waals surface area contributed by atoms with Crippen LogP contribution in [-0.4, -0.2) is 66.3 Å². The van der Waals surface area contributed by atoms with Gasteiger partial charge in [-0.2, -0.15) is 27.0 Å². The average Bonchev–Trinajstić information content (AvgIpc) is 3.11. The molecule has 8 nitrogen and oxygen atoms in total. The van der Waals surface area contributed by atoms with Crippen molar-refractivity contribution in [3.63, 3.8) is 0 Å². The van der Waals surface area contributed by atoms with Crippen LogP contribution in [0.25, 0.3) is 0 Å². The van der Waals surface area contributed by atoms with Gasteiger partial charge in [-0.3, -0.25) is 24.1 Å². The Labute approximate surface area is 368 Å². The molecule has 2 atom stereocenters. The predicted octanol–water partition coefficient (Wildman–Crippen LogP) is 9.38. The van der Waals surface area contributed by atoms with E-state index in [1.54, 1.807) is 13.8 Å². The summed E-state index contributed by atoms with van der Waals surface area (Å²) in [6.45, 7) is 19.7. The molecule has 0 bridgehead atoms. The molecule has 4 aliphatic rings. The second-order valence-electron chi connectivity index (χ2n) is 17.8. The standard InChI is InChI=1S/C22H32N2O2.C16H22N2O.C6H11BrO.2CH4.2H2S/c1-16(25)23-19-9-10-22(18-8-6-5-7-17(18)19)11-13-24(14-12-22)15-20(26)21(2,3)4;1-12(19)18-15-6-7-16(8-10-17-11-9-16)14-5-3-2-4-13(14)15;1-6(2,3)5(8)4-7;;;;/h5-8,19H,9-15H2,1-4H3,(H,23,25);2-5,15,17H,6-11H2,1H3,(H,18,19);4H2,1-3H3;2*1H4;2*1H2/t19-;15-;;;;;/m00...../s1. The number of Topliss-reactive ketones (excluding diaryl/α,β-unsaturated/α-hetero) is 2. The second-order valence-corrected chi connectivity index (χ2v) is 18.4. The maximum atomic E-state index is 12.4. The van der Waals surface area contributed by atoms with Gasteiger partial charge in [-0.05, 0) is 111 Å². The van der Waals surface area contributed by atoms with Gasteiger partial charge in [0.15, 0.2) is 5.78 Å². The van der Waals surface area contributed by atoms with E-state index in [-0.39, 0.29) is 87.8 Å². The van der Waals surface area contributed by atoms with Crippen LogP contribution >= 0.6 is 42.9 Å². The number of halogens is 1. The lowest BCUT2D eigenvalue weighted by atomic mass is 9.63. The molecule has 57 heavy (non-hydrogen) atoms. The van der Waals surface area contributed by atoms with Crippen LogP contribution in [0.4, 0.5) is 0 Å². The molecule has 0 aromatic heterocycles. The summed E-state index contributed by atoms with van der Waals surface area (Å²) < 4.78 is 0. The van der Waals surface area contributed by atoms with E-state index in [1.807, 2.05) is 41.5 Å². The molecule has 11 heteroatoms. The van der Waals surface area contributed by atoms with E-state index < -0.39 is 0 Å². The first-order valence-corrected chi connectivity index (χ1v) is 20.8. The molecule has 0 unspecified atom stereocenters.